The number of likely N-dealkylation sites (N-methyl/N-ethyl adjacent to an activating group) is 1. The van der Waals surface area contributed by atoms with Crippen molar-refractivity contribution in [2.24, 2.45) is 0 Å². The molecule has 0 fully saturated rings. The highest BCUT2D eigenvalue weighted by molar-refractivity contribution is 9.10. The van der Waals surface area contributed by atoms with Crippen LogP contribution >= 0.6 is 15.9 Å². The second-order valence-electron chi connectivity index (χ2n) is 2.92. The monoisotopic (exact) mass is 256 g/mol. The minimum absolute atomic E-state index is 0.268. The molecule has 0 amide bonds. The highest BCUT2D eigenvalue weighted by Gasteiger charge is 2.07. The second kappa shape index (κ2) is 5.08. The number of halogens is 2. The number of hydrogen-bond donors (Lipinski definition) is 1. The highest BCUT2D eigenvalue weighted by Crippen LogP contribution is 2.17. The first-order chi connectivity index (χ1) is 6.67. The van der Waals surface area contributed by atoms with Crippen molar-refractivity contribution < 1.29 is 4.39 Å². The maximum atomic E-state index is 13.1. The maximum Gasteiger partial charge on any atom is 0.137 e. The fraction of sp³-hybridized carbons (Fsp3) is 0.300. The van der Waals surface area contributed by atoms with Crippen molar-refractivity contribution in [3.63, 3.8) is 0 Å². The molecule has 1 N–H and O–H groups in total. The normalized spacial score (nSPS) is 12.1. The van der Waals surface area contributed by atoms with Crippen molar-refractivity contribution in [2.45, 2.75) is 12.5 Å². The first kappa shape index (κ1) is 11.2. The van der Waals surface area contributed by atoms with E-state index in [1.54, 1.807) is 19.2 Å². The fourth-order valence-corrected chi connectivity index (χ4v) is 1.36. The van der Waals surface area contributed by atoms with Gasteiger partial charge in [-0.25, -0.2) is 4.39 Å². The number of nitrogens with zero attached hydrogens (tertiary/aromatic N) is 1. The minimum Gasteiger partial charge on any atom is -0.305 e. The Labute approximate surface area is 90.9 Å². The zero-order chi connectivity index (χ0) is 10.6. The number of benzene rings is 1. The summed E-state index contributed by atoms with van der Waals surface area (Å²) in [5.74, 6) is -0.296. The van der Waals surface area contributed by atoms with Gasteiger partial charge in [-0.1, -0.05) is 6.07 Å². The number of nitriles is 1. The SMILES string of the molecule is CNC(C#N)Cc1ccc(Br)c(F)c1. The summed E-state index contributed by atoms with van der Waals surface area (Å²) in [5, 5.41) is 11.5. The lowest BCUT2D eigenvalue weighted by atomic mass is 10.1. The van der Waals surface area contributed by atoms with Gasteiger partial charge in [-0.05, 0) is 40.7 Å². The fourth-order valence-electron chi connectivity index (χ4n) is 1.11. The summed E-state index contributed by atoms with van der Waals surface area (Å²) in [5.41, 5.74) is 0.812. The zero-order valence-electron chi connectivity index (χ0n) is 7.72. The molecular weight excluding hydrogens is 247 g/mol. The maximum absolute atomic E-state index is 13.1. The van der Waals surface area contributed by atoms with Crippen LogP contribution in [-0.4, -0.2) is 13.1 Å². The molecule has 14 heavy (non-hydrogen) atoms. The molecule has 0 saturated heterocycles. The van der Waals surface area contributed by atoms with Crippen LogP contribution in [0.2, 0.25) is 0 Å². The van der Waals surface area contributed by atoms with E-state index in [1.807, 2.05) is 0 Å². The van der Waals surface area contributed by atoms with Gasteiger partial charge in [0, 0.05) is 6.42 Å². The van der Waals surface area contributed by atoms with Gasteiger partial charge in [-0.15, -0.1) is 0 Å². The lowest BCUT2D eigenvalue weighted by molar-refractivity contribution is 0.614. The molecule has 4 heteroatoms. The number of rotatable bonds is 3. The van der Waals surface area contributed by atoms with E-state index in [0.717, 1.165) is 5.56 Å². The molecule has 1 aromatic rings. The topological polar surface area (TPSA) is 35.8 Å². The van der Waals surface area contributed by atoms with Gasteiger partial charge in [0.05, 0.1) is 16.6 Å². The van der Waals surface area contributed by atoms with Crippen LogP contribution in [0.3, 0.4) is 0 Å². The molecule has 0 radical (unpaired) electrons. The Morgan fingerprint density at radius 3 is 2.86 bits per heavy atom. The Morgan fingerprint density at radius 1 is 1.64 bits per heavy atom. The largest absolute Gasteiger partial charge is 0.305 e. The third-order valence-corrected chi connectivity index (χ3v) is 2.57. The van der Waals surface area contributed by atoms with E-state index in [9.17, 15) is 4.39 Å². The summed E-state index contributed by atoms with van der Waals surface area (Å²) in [6, 6.07) is 6.71. The van der Waals surface area contributed by atoms with Crippen molar-refractivity contribution in [1.82, 2.24) is 5.32 Å². The first-order valence-corrected chi connectivity index (χ1v) is 4.97. The quantitative estimate of drug-likeness (QED) is 0.901. The van der Waals surface area contributed by atoms with Gasteiger partial charge in [0.25, 0.3) is 0 Å². The van der Waals surface area contributed by atoms with E-state index in [0.29, 0.717) is 10.9 Å². The molecule has 0 bridgehead atoms. The molecule has 1 rings (SSSR count). The van der Waals surface area contributed by atoms with Crippen molar-refractivity contribution in [3.05, 3.63) is 34.1 Å². The van der Waals surface area contributed by atoms with E-state index in [-0.39, 0.29) is 11.9 Å². The Balaban J connectivity index is 2.78. The highest BCUT2D eigenvalue weighted by atomic mass is 79.9. The molecule has 1 unspecified atom stereocenters. The summed E-state index contributed by atoms with van der Waals surface area (Å²) in [6.45, 7) is 0. The van der Waals surface area contributed by atoms with E-state index in [4.69, 9.17) is 5.26 Å². The molecule has 1 atom stereocenters. The van der Waals surface area contributed by atoms with Crippen LogP contribution in [-0.2, 0) is 6.42 Å². The smallest absolute Gasteiger partial charge is 0.137 e. The molecule has 1 aromatic carbocycles. The molecule has 2 nitrogen and oxygen atoms in total. The van der Waals surface area contributed by atoms with Crippen molar-refractivity contribution >= 4 is 15.9 Å². The second-order valence-corrected chi connectivity index (χ2v) is 3.78. The lowest BCUT2D eigenvalue weighted by Crippen LogP contribution is -2.25. The summed E-state index contributed by atoms with van der Waals surface area (Å²) < 4.78 is 13.5. The Hall–Kier alpha value is -0.920. The Bertz CT molecular complexity index is 360. The molecule has 0 spiro atoms. The molecule has 74 valence electrons. The number of nitrogens with one attached hydrogen (secondary N) is 1. The average molecular weight is 257 g/mol. The van der Waals surface area contributed by atoms with Crippen molar-refractivity contribution in [3.8, 4) is 6.07 Å². The molecule has 0 saturated carbocycles. The van der Waals surface area contributed by atoms with E-state index < -0.39 is 0 Å². The van der Waals surface area contributed by atoms with Crippen LogP contribution in [0.25, 0.3) is 0 Å². The van der Waals surface area contributed by atoms with Crippen LogP contribution in [0.1, 0.15) is 5.56 Å². The predicted molar refractivity (Wildman–Crippen MR) is 56.3 cm³/mol. The lowest BCUT2D eigenvalue weighted by Gasteiger charge is -2.07. The van der Waals surface area contributed by atoms with Gasteiger partial charge in [0.1, 0.15) is 5.82 Å². The van der Waals surface area contributed by atoms with Crippen molar-refractivity contribution in [2.75, 3.05) is 7.05 Å². The van der Waals surface area contributed by atoms with Crippen molar-refractivity contribution in [1.29, 1.82) is 5.26 Å². The van der Waals surface area contributed by atoms with Crippen LogP contribution in [0, 0.1) is 17.1 Å². The molecule has 0 aliphatic heterocycles. The van der Waals surface area contributed by atoms with Gasteiger partial charge < -0.3 is 5.32 Å². The van der Waals surface area contributed by atoms with Crippen LogP contribution in [0.15, 0.2) is 22.7 Å². The van der Waals surface area contributed by atoms with E-state index >= 15 is 0 Å². The van der Waals surface area contributed by atoms with E-state index in [1.165, 1.54) is 6.07 Å². The third-order valence-electron chi connectivity index (χ3n) is 1.93. The van der Waals surface area contributed by atoms with Gasteiger partial charge in [-0.2, -0.15) is 5.26 Å². The molecule has 0 heterocycles. The first-order valence-electron chi connectivity index (χ1n) is 4.18. The molecule has 0 aromatic heterocycles. The summed E-state index contributed by atoms with van der Waals surface area (Å²) in [6.07, 6.45) is 0.511. The van der Waals surface area contributed by atoms with Gasteiger partial charge in [0.15, 0.2) is 0 Å². The average Bonchev–Trinajstić information content (AvgIpc) is 2.19. The minimum atomic E-state index is -0.296. The summed E-state index contributed by atoms with van der Waals surface area (Å²) in [7, 11) is 1.71. The standard InChI is InChI=1S/C10H10BrFN2/c1-14-8(6-13)4-7-2-3-9(11)10(12)5-7/h2-3,5,8,14H,4H2,1H3. The number of hydrogen-bond acceptors (Lipinski definition) is 2. The Kier molecular flexibility index (Phi) is 4.05. The van der Waals surface area contributed by atoms with Crippen LogP contribution in [0.4, 0.5) is 4.39 Å². The molecular formula is C10H10BrFN2. The van der Waals surface area contributed by atoms with Crippen LogP contribution in [0.5, 0.6) is 0 Å². The Morgan fingerprint density at radius 2 is 2.36 bits per heavy atom. The molecule has 0 aliphatic rings. The van der Waals surface area contributed by atoms with Gasteiger partial charge in [0.2, 0.25) is 0 Å². The van der Waals surface area contributed by atoms with E-state index in [2.05, 4.69) is 27.3 Å². The summed E-state index contributed by atoms with van der Waals surface area (Å²) >= 11 is 3.07. The zero-order valence-corrected chi connectivity index (χ0v) is 9.31. The van der Waals surface area contributed by atoms with Gasteiger partial charge >= 0.3 is 0 Å². The molecule has 0 aliphatic carbocycles. The van der Waals surface area contributed by atoms with Gasteiger partial charge in [-0.3, -0.25) is 0 Å². The van der Waals surface area contributed by atoms with Crippen LogP contribution < -0.4 is 5.32 Å². The predicted octanol–water partition coefficient (Wildman–Crippen LogP) is 2.24. The third kappa shape index (κ3) is 2.79. The summed E-state index contributed by atoms with van der Waals surface area (Å²) in [4.78, 5) is 0.